The van der Waals surface area contributed by atoms with Crippen molar-refractivity contribution >= 4 is 11.6 Å². The van der Waals surface area contributed by atoms with Crippen molar-refractivity contribution in [1.29, 1.82) is 0 Å². The van der Waals surface area contributed by atoms with Gasteiger partial charge in [-0.15, -0.1) is 0 Å². The van der Waals surface area contributed by atoms with Crippen molar-refractivity contribution in [3.8, 4) is 0 Å². The highest BCUT2D eigenvalue weighted by molar-refractivity contribution is 5.81. The van der Waals surface area contributed by atoms with Crippen LogP contribution < -0.4 is 5.32 Å². The number of para-hydroxylation sites is 1. The van der Waals surface area contributed by atoms with Crippen LogP contribution in [0.25, 0.3) is 0 Å². The molecule has 4 heteroatoms. The van der Waals surface area contributed by atoms with E-state index in [1.165, 1.54) is 5.56 Å². The fourth-order valence-electron chi connectivity index (χ4n) is 3.47. The van der Waals surface area contributed by atoms with Crippen LogP contribution in [0.3, 0.4) is 0 Å². The van der Waals surface area contributed by atoms with Gasteiger partial charge in [-0.05, 0) is 43.7 Å². The van der Waals surface area contributed by atoms with Gasteiger partial charge < -0.3 is 15.3 Å². The van der Waals surface area contributed by atoms with Crippen molar-refractivity contribution < 1.29 is 9.90 Å². The zero-order valence-corrected chi connectivity index (χ0v) is 12.6. The van der Waals surface area contributed by atoms with Crippen LogP contribution >= 0.6 is 0 Å². The molecule has 2 atom stereocenters. The van der Waals surface area contributed by atoms with Crippen molar-refractivity contribution in [2.45, 2.75) is 32.2 Å². The molecular weight excluding hydrogens is 264 g/mol. The lowest BCUT2D eigenvalue weighted by Crippen LogP contribution is -2.48. The molecule has 0 aromatic heterocycles. The number of nitrogens with zero attached hydrogens (tertiary/aromatic N) is 1. The fraction of sp³-hybridized carbons (Fsp3) is 0.588. The number of aliphatic hydroxyl groups is 1. The summed E-state index contributed by atoms with van der Waals surface area (Å²) in [5.74, 6) is 0.656. The minimum absolute atomic E-state index is 0.0191. The Morgan fingerprint density at radius 1 is 1.33 bits per heavy atom. The first-order valence-corrected chi connectivity index (χ1v) is 7.93. The van der Waals surface area contributed by atoms with Crippen LogP contribution in [-0.4, -0.2) is 41.7 Å². The van der Waals surface area contributed by atoms with E-state index in [2.05, 4.69) is 24.4 Å². The van der Waals surface area contributed by atoms with E-state index in [-0.39, 0.29) is 24.5 Å². The molecule has 2 aliphatic heterocycles. The highest BCUT2D eigenvalue weighted by atomic mass is 16.3. The number of nitrogens with one attached hydrogen (secondary N) is 1. The van der Waals surface area contributed by atoms with E-state index in [9.17, 15) is 9.90 Å². The second-order valence-corrected chi connectivity index (χ2v) is 6.35. The molecule has 1 amide bonds. The molecular formula is C17H24N2O2. The van der Waals surface area contributed by atoms with Crippen LogP contribution in [0, 0.1) is 11.8 Å². The standard InChI is InChI=1S/C17H24N2O2/c1-12-15(10-14-4-2-3-5-16(14)18-12)17(21)19-8-6-13(11-20)7-9-19/h2-5,12-13,15,18,20H,6-11H2,1H3. The van der Waals surface area contributed by atoms with E-state index in [0.29, 0.717) is 5.92 Å². The molecule has 1 aromatic carbocycles. The van der Waals surface area contributed by atoms with Crippen molar-refractivity contribution in [3.63, 3.8) is 0 Å². The number of hydrogen-bond donors (Lipinski definition) is 2. The Labute approximate surface area is 126 Å². The molecule has 114 valence electrons. The van der Waals surface area contributed by atoms with E-state index in [4.69, 9.17) is 0 Å². The molecule has 3 rings (SSSR count). The Kier molecular flexibility index (Phi) is 4.15. The number of piperidine rings is 1. The Hall–Kier alpha value is -1.55. The van der Waals surface area contributed by atoms with Crippen LogP contribution in [0.1, 0.15) is 25.3 Å². The molecule has 2 aliphatic rings. The Morgan fingerprint density at radius 2 is 2.05 bits per heavy atom. The summed E-state index contributed by atoms with van der Waals surface area (Å²) in [7, 11) is 0. The van der Waals surface area contributed by atoms with Crippen molar-refractivity contribution in [3.05, 3.63) is 29.8 Å². The Bertz CT molecular complexity index is 509. The number of aliphatic hydroxyl groups excluding tert-OH is 1. The smallest absolute Gasteiger partial charge is 0.228 e. The summed E-state index contributed by atoms with van der Waals surface area (Å²) in [4.78, 5) is 14.8. The maximum absolute atomic E-state index is 12.8. The van der Waals surface area contributed by atoms with E-state index < -0.39 is 0 Å². The van der Waals surface area contributed by atoms with Gasteiger partial charge in [0.25, 0.3) is 0 Å². The van der Waals surface area contributed by atoms with E-state index in [1.54, 1.807) is 0 Å². The molecule has 0 saturated carbocycles. The highest BCUT2D eigenvalue weighted by Gasteiger charge is 2.34. The maximum atomic E-state index is 12.8. The lowest BCUT2D eigenvalue weighted by Gasteiger charge is -2.38. The first kappa shape index (κ1) is 14.4. The number of likely N-dealkylation sites (tertiary alicyclic amines) is 1. The number of carbonyl (C=O) groups excluding carboxylic acids is 1. The van der Waals surface area contributed by atoms with Crippen molar-refractivity contribution in [1.82, 2.24) is 4.90 Å². The number of hydrogen-bond acceptors (Lipinski definition) is 3. The highest BCUT2D eigenvalue weighted by Crippen LogP contribution is 2.30. The third kappa shape index (κ3) is 2.91. The number of fused-ring (bicyclic) bond motifs is 1. The summed E-state index contributed by atoms with van der Waals surface area (Å²) < 4.78 is 0. The molecule has 1 saturated heterocycles. The molecule has 1 fully saturated rings. The number of carbonyl (C=O) groups is 1. The average molecular weight is 288 g/mol. The minimum atomic E-state index is 0.0191. The number of benzene rings is 1. The summed E-state index contributed by atoms with van der Waals surface area (Å²) in [6, 6.07) is 8.42. The average Bonchev–Trinajstić information content (AvgIpc) is 2.53. The zero-order chi connectivity index (χ0) is 14.8. The van der Waals surface area contributed by atoms with Gasteiger partial charge in [0.1, 0.15) is 0 Å². The van der Waals surface area contributed by atoms with Crippen LogP contribution in [-0.2, 0) is 11.2 Å². The van der Waals surface area contributed by atoms with E-state index >= 15 is 0 Å². The fourth-order valence-corrected chi connectivity index (χ4v) is 3.47. The monoisotopic (exact) mass is 288 g/mol. The Morgan fingerprint density at radius 3 is 2.76 bits per heavy atom. The number of amides is 1. The van der Waals surface area contributed by atoms with Gasteiger partial charge in [-0.25, -0.2) is 0 Å². The molecule has 0 aliphatic carbocycles. The second kappa shape index (κ2) is 6.06. The number of anilines is 1. The van der Waals surface area contributed by atoms with Gasteiger partial charge in [0.05, 0.1) is 5.92 Å². The number of rotatable bonds is 2. The van der Waals surface area contributed by atoms with Gasteiger partial charge in [-0.1, -0.05) is 18.2 Å². The summed E-state index contributed by atoms with van der Waals surface area (Å²) in [6.45, 7) is 3.92. The Balaban J connectivity index is 1.68. The van der Waals surface area contributed by atoms with Crippen LogP contribution in [0.15, 0.2) is 24.3 Å². The molecule has 0 spiro atoms. The molecule has 2 N–H and O–H groups in total. The first-order chi connectivity index (χ1) is 10.2. The summed E-state index contributed by atoms with van der Waals surface area (Å²) in [5, 5.41) is 12.7. The van der Waals surface area contributed by atoms with Crippen LogP contribution in [0.2, 0.25) is 0 Å². The lowest BCUT2D eigenvalue weighted by molar-refractivity contribution is -0.137. The molecule has 4 nitrogen and oxygen atoms in total. The summed E-state index contributed by atoms with van der Waals surface area (Å²) in [6.07, 6.45) is 2.67. The lowest BCUT2D eigenvalue weighted by atomic mass is 9.86. The van der Waals surface area contributed by atoms with Crippen molar-refractivity contribution in [2.75, 3.05) is 25.0 Å². The molecule has 0 bridgehead atoms. The maximum Gasteiger partial charge on any atom is 0.228 e. The minimum Gasteiger partial charge on any atom is -0.396 e. The van der Waals surface area contributed by atoms with Gasteiger partial charge >= 0.3 is 0 Å². The second-order valence-electron chi connectivity index (χ2n) is 6.35. The molecule has 2 unspecified atom stereocenters. The quantitative estimate of drug-likeness (QED) is 0.874. The summed E-state index contributed by atoms with van der Waals surface area (Å²) in [5.41, 5.74) is 2.40. The van der Waals surface area contributed by atoms with Gasteiger partial charge in [0, 0.05) is 31.4 Å². The van der Waals surface area contributed by atoms with Crippen LogP contribution in [0.5, 0.6) is 0 Å². The first-order valence-electron chi connectivity index (χ1n) is 7.93. The SMILES string of the molecule is CC1Nc2ccccc2CC1C(=O)N1CCC(CO)CC1. The molecule has 1 aromatic rings. The largest absolute Gasteiger partial charge is 0.396 e. The van der Waals surface area contributed by atoms with Gasteiger partial charge in [-0.3, -0.25) is 4.79 Å². The van der Waals surface area contributed by atoms with E-state index in [1.807, 2.05) is 17.0 Å². The van der Waals surface area contributed by atoms with Gasteiger partial charge in [0.15, 0.2) is 0 Å². The van der Waals surface area contributed by atoms with E-state index in [0.717, 1.165) is 38.0 Å². The molecule has 21 heavy (non-hydrogen) atoms. The predicted octanol–water partition coefficient (Wildman–Crippen LogP) is 1.89. The zero-order valence-electron chi connectivity index (χ0n) is 12.6. The topological polar surface area (TPSA) is 52.6 Å². The molecule has 2 heterocycles. The normalized spacial score (nSPS) is 26.1. The molecule has 0 radical (unpaired) electrons. The van der Waals surface area contributed by atoms with Gasteiger partial charge in [0.2, 0.25) is 5.91 Å². The third-order valence-corrected chi connectivity index (χ3v) is 4.95. The third-order valence-electron chi connectivity index (χ3n) is 4.95. The summed E-state index contributed by atoms with van der Waals surface area (Å²) >= 11 is 0. The van der Waals surface area contributed by atoms with Crippen molar-refractivity contribution in [2.24, 2.45) is 11.8 Å². The van der Waals surface area contributed by atoms with Crippen LogP contribution in [0.4, 0.5) is 5.69 Å². The predicted molar refractivity (Wildman–Crippen MR) is 83.1 cm³/mol. The van der Waals surface area contributed by atoms with Gasteiger partial charge in [-0.2, -0.15) is 0 Å².